The van der Waals surface area contributed by atoms with Crippen molar-refractivity contribution in [3.8, 4) is 11.6 Å². The van der Waals surface area contributed by atoms with Gasteiger partial charge in [0.25, 0.3) is 5.91 Å². The van der Waals surface area contributed by atoms with Gasteiger partial charge in [-0.3, -0.25) is 9.59 Å². The Hall–Kier alpha value is -2.83. The first-order valence-electron chi connectivity index (χ1n) is 8.21. The number of primary amides is 1. The van der Waals surface area contributed by atoms with Crippen molar-refractivity contribution in [3.63, 3.8) is 0 Å². The highest BCUT2D eigenvalue weighted by Crippen LogP contribution is 2.52. The van der Waals surface area contributed by atoms with Crippen LogP contribution in [-0.2, 0) is 4.79 Å². The van der Waals surface area contributed by atoms with Gasteiger partial charge in [0.15, 0.2) is 0 Å². The van der Waals surface area contributed by atoms with Crippen LogP contribution in [0.15, 0.2) is 24.4 Å². The summed E-state index contributed by atoms with van der Waals surface area (Å²) in [7, 11) is 1.48. The topological polar surface area (TPSA) is 104 Å². The molecule has 25 heavy (non-hydrogen) atoms. The van der Waals surface area contributed by atoms with Crippen molar-refractivity contribution in [3.05, 3.63) is 30.0 Å². The number of carbonyl (C=O) groups is 2. The lowest BCUT2D eigenvalue weighted by atomic mass is 10.1. The molecule has 7 nitrogen and oxygen atoms in total. The van der Waals surface area contributed by atoms with Crippen LogP contribution in [0.1, 0.15) is 17.3 Å². The first kappa shape index (κ1) is 15.7. The minimum absolute atomic E-state index is 0.0105. The number of fused-ring (bicyclic) bond motifs is 2. The normalized spacial score (nSPS) is 26.9. The van der Waals surface area contributed by atoms with E-state index in [4.69, 9.17) is 15.2 Å². The summed E-state index contributed by atoms with van der Waals surface area (Å²) in [5.41, 5.74) is 5.71. The summed E-state index contributed by atoms with van der Waals surface area (Å²) in [6.07, 6.45) is 1.62. The van der Waals surface area contributed by atoms with E-state index in [1.165, 1.54) is 7.11 Å². The first-order valence-corrected chi connectivity index (χ1v) is 8.21. The van der Waals surface area contributed by atoms with Crippen LogP contribution in [0.4, 0.5) is 0 Å². The van der Waals surface area contributed by atoms with Gasteiger partial charge in [0, 0.05) is 17.5 Å². The van der Waals surface area contributed by atoms with Crippen molar-refractivity contribution >= 4 is 22.6 Å². The van der Waals surface area contributed by atoms with Crippen LogP contribution in [0.25, 0.3) is 10.8 Å². The molecule has 2 fully saturated rings. The fourth-order valence-corrected chi connectivity index (χ4v) is 3.87. The van der Waals surface area contributed by atoms with Gasteiger partial charge in [0.05, 0.1) is 18.7 Å². The highest BCUT2D eigenvalue weighted by atomic mass is 16.5. The third-order valence-electron chi connectivity index (χ3n) is 5.26. The number of pyridine rings is 1. The number of hydrogen-bond acceptors (Lipinski definition) is 5. The van der Waals surface area contributed by atoms with E-state index in [1.54, 1.807) is 24.4 Å². The third kappa shape index (κ3) is 2.47. The molecule has 130 valence electrons. The smallest absolute Gasteiger partial charge is 0.252 e. The van der Waals surface area contributed by atoms with Crippen molar-refractivity contribution in [2.45, 2.75) is 13.0 Å². The van der Waals surface area contributed by atoms with Crippen molar-refractivity contribution in [2.24, 2.45) is 23.5 Å². The van der Waals surface area contributed by atoms with Gasteiger partial charge in [0.2, 0.25) is 11.8 Å². The number of carbonyl (C=O) groups excluding carboxylic acids is 2. The second-order valence-corrected chi connectivity index (χ2v) is 6.64. The van der Waals surface area contributed by atoms with Gasteiger partial charge < -0.3 is 20.5 Å². The maximum Gasteiger partial charge on any atom is 0.252 e. The average Bonchev–Trinajstić information content (AvgIpc) is 3.15. The predicted octanol–water partition coefficient (Wildman–Crippen LogP) is 1.10. The second kappa shape index (κ2) is 5.61. The molecule has 3 unspecified atom stereocenters. The van der Waals surface area contributed by atoms with Crippen molar-refractivity contribution < 1.29 is 19.1 Å². The number of amides is 2. The highest BCUT2D eigenvalue weighted by Gasteiger charge is 2.61. The molecule has 0 bridgehead atoms. The molecule has 1 saturated heterocycles. The summed E-state index contributed by atoms with van der Waals surface area (Å²) in [6, 6.07) is 5.16. The molecule has 4 atom stereocenters. The summed E-state index contributed by atoms with van der Waals surface area (Å²) < 4.78 is 11.2. The lowest BCUT2D eigenvalue weighted by Crippen LogP contribution is -2.36. The van der Waals surface area contributed by atoms with Crippen LogP contribution in [0.2, 0.25) is 0 Å². The Labute approximate surface area is 144 Å². The molecule has 2 aliphatic rings. The summed E-state index contributed by atoms with van der Waals surface area (Å²) in [5, 5.41) is 4.49. The zero-order valence-electron chi connectivity index (χ0n) is 14.0. The molecule has 1 aliphatic heterocycles. The average molecular weight is 341 g/mol. The van der Waals surface area contributed by atoms with Crippen LogP contribution in [0.3, 0.4) is 0 Å². The molecular formula is C18H19N3O4. The molecule has 2 amide bonds. The van der Waals surface area contributed by atoms with E-state index >= 15 is 0 Å². The van der Waals surface area contributed by atoms with E-state index in [0.717, 1.165) is 10.8 Å². The number of hydrogen-bond donors (Lipinski definition) is 2. The minimum atomic E-state index is -0.555. The van der Waals surface area contributed by atoms with Crippen LogP contribution in [0, 0.1) is 17.8 Å². The van der Waals surface area contributed by atoms with Crippen LogP contribution >= 0.6 is 0 Å². The number of benzene rings is 1. The largest absolute Gasteiger partial charge is 0.496 e. The first-order chi connectivity index (χ1) is 12.0. The summed E-state index contributed by atoms with van der Waals surface area (Å²) in [4.78, 5) is 27.7. The van der Waals surface area contributed by atoms with Crippen molar-refractivity contribution in [1.82, 2.24) is 10.3 Å². The Kier molecular flexibility index (Phi) is 3.52. The van der Waals surface area contributed by atoms with Crippen LogP contribution in [-0.4, -0.2) is 36.6 Å². The van der Waals surface area contributed by atoms with Gasteiger partial charge in [0.1, 0.15) is 12.4 Å². The molecule has 1 saturated carbocycles. The number of methoxy groups -OCH3 is 1. The van der Waals surface area contributed by atoms with Gasteiger partial charge in [-0.05, 0) is 35.4 Å². The van der Waals surface area contributed by atoms with E-state index in [2.05, 4.69) is 17.2 Å². The van der Waals surface area contributed by atoms with E-state index in [9.17, 15) is 9.59 Å². The maximum absolute atomic E-state index is 11.8. The lowest BCUT2D eigenvalue weighted by Gasteiger charge is -2.16. The van der Waals surface area contributed by atoms with E-state index < -0.39 is 5.91 Å². The van der Waals surface area contributed by atoms with Crippen LogP contribution < -0.4 is 20.5 Å². The molecule has 3 N–H and O–H groups in total. The SMILES string of the molecule is COc1cc2c(OC[C@H]3NC(=O)C4C(C)C43)nccc2cc1C(N)=O. The predicted molar refractivity (Wildman–Crippen MR) is 90.4 cm³/mol. The van der Waals surface area contributed by atoms with Crippen molar-refractivity contribution in [2.75, 3.05) is 13.7 Å². The van der Waals surface area contributed by atoms with Gasteiger partial charge in [-0.15, -0.1) is 0 Å². The molecule has 0 radical (unpaired) electrons. The fourth-order valence-electron chi connectivity index (χ4n) is 3.87. The van der Waals surface area contributed by atoms with Gasteiger partial charge in [-0.2, -0.15) is 0 Å². The van der Waals surface area contributed by atoms with E-state index in [1.807, 2.05) is 0 Å². The van der Waals surface area contributed by atoms with Gasteiger partial charge in [-0.25, -0.2) is 4.98 Å². The number of ether oxygens (including phenoxy) is 2. The zero-order chi connectivity index (χ0) is 17.7. The maximum atomic E-state index is 11.8. The van der Waals surface area contributed by atoms with Gasteiger partial charge in [-0.1, -0.05) is 6.92 Å². The summed E-state index contributed by atoms with van der Waals surface area (Å²) in [5.74, 6) is 1.28. The standard InChI is InChI=1S/C18H19N3O4/c1-8-14-12(21-17(23)15(8)14)7-25-18-10-6-13(24-2)11(16(19)22)5-9(10)3-4-20-18/h3-6,8,12,14-15H,7H2,1-2H3,(H2,19,22)(H,21,23)/t8?,12-,14?,15?/m1/s1. The second-order valence-electron chi connectivity index (χ2n) is 6.64. The Morgan fingerprint density at radius 1 is 1.40 bits per heavy atom. The summed E-state index contributed by atoms with van der Waals surface area (Å²) >= 11 is 0. The quantitative estimate of drug-likeness (QED) is 0.848. The monoisotopic (exact) mass is 341 g/mol. The Bertz CT molecular complexity index is 882. The molecule has 1 aromatic heterocycles. The molecule has 1 aromatic carbocycles. The molecule has 7 heteroatoms. The number of aromatic nitrogens is 1. The number of nitrogens with one attached hydrogen (secondary N) is 1. The molecule has 2 aromatic rings. The summed E-state index contributed by atoms with van der Waals surface area (Å²) in [6.45, 7) is 2.46. The molecule has 4 rings (SSSR count). The number of rotatable bonds is 5. The third-order valence-corrected chi connectivity index (χ3v) is 5.26. The zero-order valence-corrected chi connectivity index (χ0v) is 14.0. The van der Waals surface area contributed by atoms with Gasteiger partial charge >= 0.3 is 0 Å². The van der Waals surface area contributed by atoms with Crippen LogP contribution in [0.5, 0.6) is 11.6 Å². The van der Waals surface area contributed by atoms with Crippen molar-refractivity contribution in [1.29, 1.82) is 0 Å². The minimum Gasteiger partial charge on any atom is -0.496 e. The molecule has 2 heterocycles. The number of nitrogens with zero attached hydrogens (tertiary/aromatic N) is 1. The Morgan fingerprint density at radius 3 is 2.84 bits per heavy atom. The van der Waals surface area contributed by atoms with E-state index in [-0.39, 0.29) is 17.9 Å². The Morgan fingerprint density at radius 2 is 2.20 bits per heavy atom. The van der Waals surface area contributed by atoms with E-state index in [0.29, 0.717) is 35.6 Å². The molecule has 0 spiro atoms. The molecular weight excluding hydrogens is 322 g/mol. The lowest BCUT2D eigenvalue weighted by molar-refractivity contribution is -0.121. The fraction of sp³-hybridized carbons (Fsp3) is 0.389. The molecule has 1 aliphatic carbocycles. The number of piperidine rings is 1. The highest BCUT2D eigenvalue weighted by molar-refractivity contribution is 6.01. The number of nitrogens with two attached hydrogens (primary N) is 1. The Balaban J connectivity index is 1.61.